The average Bonchev–Trinajstić information content (AvgIpc) is 2.83. The van der Waals surface area contributed by atoms with Gasteiger partial charge in [0.15, 0.2) is 5.65 Å². The van der Waals surface area contributed by atoms with E-state index >= 15 is 0 Å². The van der Waals surface area contributed by atoms with E-state index in [2.05, 4.69) is 33.8 Å². The second kappa shape index (κ2) is 7.24. The number of hydrogen-bond acceptors (Lipinski definition) is 3. The van der Waals surface area contributed by atoms with Crippen LogP contribution >= 0.6 is 0 Å². The maximum Gasteiger partial charge on any atom is 0.160 e. The van der Waals surface area contributed by atoms with Gasteiger partial charge in [0.25, 0.3) is 0 Å². The molecule has 4 nitrogen and oxygen atoms in total. The molecule has 2 heterocycles. The van der Waals surface area contributed by atoms with Gasteiger partial charge in [-0.05, 0) is 25.5 Å². The average molecular weight is 260 g/mol. The Labute approximate surface area is 115 Å². The van der Waals surface area contributed by atoms with Gasteiger partial charge in [-0.25, -0.2) is 0 Å². The maximum atomic E-state index is 4.24. The van der Waals surface area contributed by atoms with Crippen LogP contribution in [0.2, 0.25) is 0 Å². The van der Waals surface area contributed by atoms with Crippen LogP contribution in [0.25, 0.3) is 5.65 Å². The zero-order chi connectivity index (χ0) is 13.5. The lowest BCUT2D eigenvalue weighted by Gasteiger charge is -2.12. The van der Waals surface area contributed by atoms with Crippen molar-refractivity contribution < 1.29 is 0 Å². The SMILES string of the molecule is CCCCCC(C)NCCc1nnc2ccccn12. The van der Waals surface area contributed by atoms with Crippen LogP contribution in [0.3, 0.4) is 0 Å². The van der Waals surface area contributed by atoms with Gasteiger partial charge in [0.05, 0.1) is 0 Å². The molecule has 2 rings (SSSR count). The van der Waals surface area contributed by atoms with E-state index < -0.39 is 0 Å². The molecular weight excluding hydrogens is 236 g/mol. The summed E-state index contributed by atoms with van der Waals surface area (Å²) in [6.45, 7) is 5.47. The predicted octanol–water partition coefficient (Wildman–Crippen LogP) is 2.83. The topological polar surface area (TPSA) is 42.2 Å². The van der Waals surface area contributed by atoms with Crippen LogP contribution in [0, 0.1) is 0 Å². The molecule has 1 atom stereocenters. The summed E-state index contributed by atoms with van der Waals surface area (Å²) >= 11 is 0. The summed E-state index contributed by atoms with van der Waals surface area (Å²) in [5, 5.41) is 12.0. The summed E-state index contributed by atoms with van der Waals surface area (Å²) in [4.78, 5) is 0. The summed E-state index contributed by atoms with van der Waals surface area (Å²) in [6.07, 6.45) is 8.14. The highest BCUT2D eigenvalue weighted by Gasteiger charge is 2.05. The van der Waals surface area contributed by atoms with Gasteiger partial charge in [-0.2, -0.15) is 0 Å². The van der Waals surface area contributed by atoms with Gasteiger partial charge in [-0.15, -0.1) is 10.2 Å². The second-order valence-electron chi connectivity index (χ2n) is 5.15. The number of nitrogens with zero attached hydrogens (tertiary/aromatic N) is 3. The highest BCUT2D eigenvalue weighted by Crippen LogP contribution is 2.05. The van der Waals surface area contributed by atoms with Crippen molar-refractivity contribution in [3.05, 3.63) is 30.2 Å². The minimum atomic E-state index is 0.589. The zero-order valence-corrected chi connectivity index (χ0v) is 12.0. The minimum Gasteiger partial charge on any atom is -0.314 e. The van der Waals surface area contributed by atoms with E-state index in [4.69, 9.17) is 0 Å². The van der Waals surface area contributed by atoms with Crippen LogP contribution in [-0.4, -0.2) is 27.2 Å². The molecule has 0 bridgehead atoms. The fraction of sp³-hybridized carbons (Fsp3) is 0.600. The lowest BCUT2D eigenvalue weighted by Crippen LogP contribution is -2.28. The standard InChI is InChI=1S/C15H24N4/c1-3-4-5-8-13(2)16-11-10-15-18-17-14-9-6-7-12-19(14)15/h6-7,9,12-13,16H,3-5,8,10-11H2,1-2H3. The Morgan fingerprint density at radius 1 is 1.26 bits per heavy atom. The normalized spacial score (nSPS) is 12.9. The molecule has 4 heteroatoms. The minimum absolute atomic E-state index is 0.589. The van der Waals surface area contributed by atoms with Crippen LogP contribution in [0.5, 0.6) is 0 Å². The molecule has 0 aromatic carbocycles. The fourth-order valence-electron chi connectivity index (χ4n) is 2.29. The number of pyridine rings is 1. The third-order valence-electron chi connectivity index (χ3n) is 3.47. The number of fused-ring (bicyclic) bond motifs is 1. The highest BCUT2D eigenvalue weighted by atomic mass is 15.2. The van der Waals surface area contributed by atoms with E-state index in [1.54, 1.807) is 0 Å². The van der Waals surface area contributed by atoms with Gasteiger partial charge < -0.3 is 5.32 Å². The first-order valence-electron chi connectivity index (χ1n) is 7.33. The lowest BCUT2D eigenvalue weighted by atomic mass is 10.1. The number of rotatable bonds is 8. The zero-order valence-electron chi connectivity index (χ0n) is 12.0. The summed E-state index contributed by atoms with van der Waals surface area (Å²) in [7, 11) is 0. The van der Waals surface area contributed by atoms with E-state index in [1.165, 1.54) is 25.7 Å². The molecular formula is C15H24N4. The van der Waals surface area contributed by atoms with Crippen molar-refractivity contribution in [2.24, 2.45) is 0 Å². The molecule has 1 N–H and O–H groups in total. The molecule has 0 fully saturated rings. The molecule has 0 aliphatic heterocycles. The van der Waals surface area contributed by atoms with Crippen LogP contribution in [0.4, 0.5) is 0 Å². The van der Waals surface area contributed by atoms with Gasteiger partial charge in [-0.3, -0.25) is 4.40 Å². The molecule has 0 spiro atoms. The van der Waals surface area contributed by atoms with Gasteiger partial charge in [0.2, 0.25) is 0 Å². The third kappa shape index (κ3) is 4.03. The first-order chi connectivity index (χ1) is 9.31. The first-order valence-corrected chi connectivity index (χ1v) is 7.33. The largest absolute Gasteiger partial charge is 0.314 e. The molecule has 0 amide bonds. The molecule has 0 radical (unpaired) electrons. The fourth-order valence-corrected chi connectivity index (χ4v) is 2.29. The Balaban J connectivity index is 1.76. The van der Waals surface area contributed by atoms with Gasteiger partial charge in [0.1, 0.15) is 5.82 Å². The van der Waals surface area contributed by atoms with Crippen molar-refractivity contribution in [2.45, 2.75) is 52.0 Å². The van der Waals surface area contributed by atoms with Crippen LogP contribution in [0.1, 0.15) is 45.4 Å². The first kappa shape index (κ1) is 14.0. The Hall–Kier alpha value is -1.42. The number of unbranched alkanes of at least 4 members (excludes halogenated alkanes) is 2. The smallest absolute Gasteiger partial charge is 0.160 e. The summed E-state index contributed by atoms with van der Waals surface area (Å²) in [5.74, 6) is 1.03. The number of aromatic nitrogens is 3. The molecule has 0 aliphatic rings. The second-order valence-corrected chi connectivity index (χ2v) is 5.15. The highest BCUT2D eigenvalue weighted by molar-refractivity contribution is 5.36. The van der Waals surface area contributed by atoms with Gasteiger partial charge >= 0.3 is 0 Å². The van der Waals surface area contributed by atoms with Crippen molar-refractivity contribution in [1.82, 2.24) is 19.9 Å². The van der Waals surface area contributed by atoms with E-state index in [0.717, 1.165) is 24.4 Å². The predicted molar refractivity (Wildman–Crippen MR) is 78.3 cm³/mol. The van der Waals surface area contributed by atoms with E-state index in [9.17, 15) is 0 Å². The van der Waals surface area contributed by atoms with Crippen LogP contribution < -0.4 is 5.32 Å². The molecule has 19 heavy (non-hydrogen) atoms. The Morgan fingerprint density at radius 2 is 2.16 bits per heavy atom. The van der Waals surface area contributed by atoms with Crippen molar-refractivity contribution in [1.29, 1.82) is 0 Å². The van der Waals surface area contributed by atoms with Crippen molar-refractivity contribution >= 4 is 5.65 Å². The lowest BCUT2D eigenvalue weighted by molar-refractivity contribution is 0.487. The van der Waals surface area contributed by atoms with Gasteiger partial charge in [0, 0.05) is 25.2 Å². The van der Waals surface area contributed by atoms with Crippen molar-refractivity contribution in [2.75, 3.05) is 6.54 Å². The van der Waals surface area contributed by atoms with Crippen LogP contribution in [-0.2, 0) is 6.42 Å². The Kier molecular flexibility index (Phi) is 5.33. The van der Waals surface area contributed by atoms with E-state index in [-0.39, 0.29) is 0 Å². The number of hydrogen-bond donors (Lipinski definition) is 1. The summed E-state index contributed by atoms with van der Waals surface area (Å²) < 4.78 is 2.06. The summed E-state index contributed by atoms with van der Waals surface area (Å²) in [5.41, 5.74) is 0.925. The molecule has 104 valence electrons. The van der Waals surface area contributed by atoms with Crippen LogP contribution in [0.15, 0.2) is 24.4 Å². The van der Waals surface area contributed by atoms with Gasteiger partial charge in [-0.1, -0.05) is 32.3 Å². The molecule has 0 saturated heterocycles. The Bertz CT molecular complexity index is 492. The quantitative estimate of drug-likeness (QED) is 0.742. The molecule has 0 aliphatic carbocycles. The van der Waals surface area contributed by atoms with E-state index in [1.807, 2.05) is 24.4 Å². The molecule has 0 saturated carbocycles. The molecule has 1 unspecified atom stereocenters. The van der Waals surface area contributed by atoms with Crippen molar-refractivity contribution in [3.63, 3.8) is 0 Å². The molecule has 2 aromatic rings. The third-order valence-corrected chi connectivity index (χ3v) is 3.47. The number of nitrogens with one attached hydrogen (secondary N) is 1. The maximum absolute atomic E-state index is 4.24. The monoisotopic (exact) mass is 260 g/mol. The molecule has 2 aromatic heterocycles. The van der Waals surface area contributed by atoms with E-state index in [0.29, 0.717) is 6.04 Å². The Morgan fingerprint density at radius 3 is 3.00 bits per heavy atom. The van der Waals surface area contributed by atoms with Crippen molar-refractivity contribution in [3.8, 4) is 0 Å². The summed E-state index contributed by atoms with van der Waals surface area (Å²) in [6, 6.07) is 6.57.